The van der Waals surface area contributed by atoms with Crippen molar-refractivity contribution in [2.45, 2.75) is 36.2 Å². The normalized spacial score (nSPS) is 18.2. The van der Waals surface area contributed by atoms with Crippen LogP contribution in [0.25, 0.3) is 0 Å². The van der Waals surface area contributed by atoms with E-state index in [1.165, 1.54) is 0 Å². The van der Waals surface area contributed by atoms with Crippen LogP contribution in [0.5, 0.6) is 0 Å². The number of allylic oxidation sites excluding steroid dienone is 2. The maximum atomic E-state index is 12.8. The number of nitrogens with one attached hydrogen (secondary N) is 1. The first-order valence-corrected chi connectivity index (χ1v) is 11.2. The Kier molecular flexibility index (Phi) is 4.97. The standard InChI is InChI=1S/C21H18BrN5OS/c22-14-9-7-13(8-10-14)19-18-16(5-3-6-17(18)28)24-20-25-21(26-27(19)20)29-12-15-4-1-2-11-23-15/h1-2,4,7-11,19H,3,5-6,12H2,(H,24,25,26)/t19-/m1/s1. The van der Waals surface area contributed by atoms with Gasteiger partial charge in [-0.15, -0.1) is 5.10 Å². The lowest BCUT2D eigenvalue weighted by Gasteiger charge is -2.32. The van der Waals surface area contributed by atoms with Crippen LogP contribution >= 0.6 is 27.7 Å². The quantitative estimate of drug-likeness (QED) is 0.558. The lowest BCUT2D eigenvalue weighted by atomic mass is 9.85. The van der Waals surface area contributed by atoms with Crippen LogP contribution in [-0.4, -0.2) is 25.5 Å². The molecule has 1 N–H and O–H groups in total. The molecule has 0 spiro atoms. The van der Waals surface area contributed by atoms with Gasteiger partial charge in [-0.05, 0) is 42.7 Å². The zero-order chi connectivity index (χ0) is 19.8. The molecule has 2 aromatic heterocycles. The van der Waals surface area contributed by atoms with E-state index < -0.39 is 0 Å². The van der Waals surface area contributed by atoms with Gasteiger partial charge in [-0.25, -0.2) is 4.68 Å². The highest BCUT2D eigenvalue weighted by Gasteiger charge is 2.36. The fourth-order valence-corrected chi connectivity index (χ4v) is 4.78. The van der Waals surface area contributed by atoms with Gasteiger partial charge in [-0.1, -0.05) is 45.9 Å². The number of hydrogen-bond donors (Lipinski definition) is 1. The molecule has 0 bridgehead atoms. The molecule has 3 heterocycles. The molecule has 1 aliphatic heterocycles. The van der Waals surface area contributed by atoms with E-state index in [1.807, 2.05) is 47.1 Å². The molecular weight excluding hydrogens is 450 g/mol. The number of halogens is 1. The Hall–Kier alpha value is -2.45. The number of fused-ring (bicyclic) bond motifs is 1. The summed E-state index contributed by atoms with van der Waals surface area (Å²) in [6, 6.07) is 13.7. The molecule has 0 saturated carbocycles. The third-order valence-corrected chi connectivity index (χ3v) is 6.51. The summed E-state index contributed by atoms with van der Waals surface area (Å²) in [4.78, 5) is 21.9. The van der Waals surface area contributed by atoms with Crippen molar-refractivity contribution in [3.63, 3.8) is 0 Å². The fourth-order valence-electron chi connectivity index (χ4n) is 3.77. The lowest BCUT2D eigenvalue weighted by molar-refractivity contribution is -0.116. The van der Waals surface area contributed by atoms with Crippen LogP contribution < -0.4 is 5.32 Å². The fraction of sp³-hybridized carbons (Fsp3) is 0.238. The number of benzene rings is 1. The van der Waals surface area contributed by atoms with E-state index >= 15 is 0 Å². The molecule has 0 amide bonds. The largest absolute Gasteiger partial charge is 0.328 e. The molecule has 2 aliphatic rings. The van der Waals surface area contributed by atoms with Gasteiger partial charge in [0.2, 0.25) is 11.1 Å². The van der Waals surface area contributed by atoms with Crippen molar-refractivity contribution < 1.29 is 4.79 Å². The predicted octanol–water partition coefficient (Wildman–Crippen LogP) is 4.75. The van der Waals surface area contributed by atoms with Crippen molar-refractivity contribution in [1.82, 2.24) is 19.7 Å². The van der Waals surface area contributed by atoms with E-state index in [-0.39, 0.29) is 11.8 Å². The minimum Gasteiger partial charge on any atom is -0.328 e. The third kappa shape index (κ3) is 3.62. The van der Waals surface area contributed by atoms with Crippen molar-refractivity contribution in [3.8, 4) is 0 Å². The van der Waals surface area contributed by atoms with Crippen LogP contribution in [0.2, 0.25) is 0 Å². The molecule has 1 atom stereocenters. The highest BCUT2D eigenvalue weighted by Crippen LogP contribution is 2.40. The molecule has 6 nitrogen and oxygen atoms in total. The molecular formula is C21H18BrN5OS. The van der Waals surface area contributed by atoms with Crippen LogP contribution in [-0.2, 0) is 10.5 Å². The van der Waals surface area contributed by atoms with Crippen molar-refractivity contribution in [3.05, 3.63) is 75.7 Å². The van der Waals surface area contributed by atoms with E-state index in [0.29, 0.717) is 23.3 Å². The van der Waals surface area contributed by atoms with Gasteiger partial charge in [0.15, 0.2) is 5.78 Å². The smallest absolute Gasteiger partial charge is 0.227 e. The number of Topliss-reactive ketones (excluding diaryl/α,β-unsaturated/α-hetero) is 1. The van der Waals surface area contributed by atoms with Gasteiger partial charge >= 0.3 is 0 Å². The summed E-state index contributed by atoms with van der Waals surface area (Å²) in [6.07, 6.45) is 4.10. The molecule has 0 saturated heterocycles. The van der Waals surface area contributed by atoms with Gasteiger partial charge in [0, 0.05) is 34.1 Å². The molecule has 29 heavy (non-hydrogen) atoms. The first kappa shape index (κ1) is 18.6. The monoisotopic (exact) mass is 467 g/mol. The summed E-state index contributed by atoms with van der Waals surface area (Å²) < 4.78 is 2.86. The first-order chi connectivity index (χ1) is 14.2. The van der Waals surface area contributed by atoms with Gasteiger partial charge in [-0.3, -0.25) is 9.78 Å². The summed E-state index contributed by atoms with van der Waals surface area (Å²) in [5, 5.41) is 8.79. The predicted molar refractivity (Wildman–Crippen MR) is 116 cm³/mol. The second kappa shape index (κ2) is 7.76. The topological polar surface area (TPSA) is 72.7 Å². The van der Waals surface area contributed by atoms with Gasteiger partial charge in [-0.2, -0.15) is 4.98 Å². The molecule has 0 fully saturated rings. The Morgan fingerprint density at radius 2 is 2.03 bits per heavy atom. The molecule has 0 unspecified atom stereocenters. The molecule has 1 aromatic carbocycles. The summed E-state index contributed by atoms with van der Waals surface area (Å²) in [6.45, 7) is 0. The van der Waals surface area contributed by atoms with Crippen LogP contribution in [0.1, 0.15) is 36.6 Å². The highest BCUT2D eigenvalue weighted by atomic mass is 79.9. The molecule has 0 radical (unpaired) electrons. The van der Waals surface area contributed by atoms with Crippen LogP contribution in [0.3, 0.4) is 0 Å². The minimum absolute atomic E-state index is 0.190. The summed E-state index contributed by atoms with van der Waals surface area (Å²) in [5.74, 6) is 1.57. The molecule has 8 heteroatoms. The molecule has 3 aromatic rings. The van der Waals surface area contributed by atoms with E-state index in [9.17, 15) is 4.79 Å². The second-order valence-corrected chi connectivity index (χ2v) is 8.88. The molecule has 1 aliphatic carbocycles. The van der Waals surface area contributed by atoms with Crippen molar-refractivity contribution >= 4 is 39.4 Å². The Bertz CT molecular complexity index is 1090. The highest BCUT2D eigenvalue weighted by molar-refractivity contribution is 9.10. The van der Waals surface area contributed by atoms with Crippen LogP contribution in [0.15, 0.2) is 69.6 Å². The van der Waals surface area contributed by atoms with Crippen LogP contribution in [0, 0.1) is 0 Å². The number of carbonyl (C=O) groups is 1. The second-order valence-electron chi connectivity index (χ2n) is 7.02. The van der Waals surface area contributed by atoms with Gasteiger partial charge < -0.3 is 5.32 Å². The van der Waals surface area contributed by atoms with Crippen LogP contribution in [0.4, 0.5) is 5.95 Å². The summed E-state index contributed by atoms with van der Waals surface area (Å²) >= 11 is 5.04. The summed E-state index contributed by atoms with van der Waals surface area (Å²) in [7, 11) is 0. The molecule has 5 rings (SSSR count). The number of aromatic nitrogens is 4. The van der Waals surface area contributed by atoms with Gasteiger partial charge in [0.25, 0.3) is 0 Å². The maximum absolute atomic E-state index is 12.8. The number of rotatable bonds is 4. The van der Waals surface area contributed by atoms with Crippen molar-refractivity contribution in [1.29, 1.82) is 0 Å². The zero-order valence-electron chi connectivity index (χ0n) is 15.5. The van der Waals surface area contributed by atoms with E-state index in [2.05, 4.69) is 26.2 Å². The Balaban J connectivity index is 1.52. The SMILES string of the molecule is O=C1CCCC2=C1[C@@H](c1ccc(Br)cc1)n1nc(SCc3ccccn3)nc1N2. The first-order valence-electron chi connectivity index (χ1n) is 9.47. The summed E-state index contributed by atoms with van der Waals surface area (Å²) in [5.41, 5.74) is 3.81. The van der Waals surface area contributed by atoms with Crippen molar-refractivity contribution in [2.75, 3.05) is 5.32 Å². The Morgan fingerprint density at radius 1 is 1.17 bits per heavy atom. The third-order valence-electron chi connectivity index (χ3n) is 5.11. The lowest BCUT2D eigenvalue weighted by Crippen LogP contribution is -2.31. The number of carbonyl (C=O) groups excluding carboxylic acids is 1. The van der Waals surface area contributed by atoms with Gasteiger partial charge in [0.05, 0.1) is 5.69 Å². The van der Waals surface area contributed by atoms with E-state index in [1.54, 1.807) is 18.0 Å². The van der Waals surface area contributed by atoms with Gasteiger partial charge in [0.1, 0.15) is 6.04 Å². The minimum atomic E-state index is -0.251. The number of nitrogens with zero attached hydrogens (tertiary/aromatic N) is 4. The number of anilines is 1. The average Bonchev–Trinajstić information content (AvgIpc) is 3.15. The zero-order valence-corrected chi connectivity index (χ0v) is 17.9. The van der Waals surface area contributed by atoms with E-state index in [4.69, 9.17) is 10.1 Å². The van der Waals surface area contributed by atoms with Crippen molar-refractivity contribution in [2.24, 2.45) is 0 Å². The number of pyridine rings is 1. The van der Waals surface area contributed by atoms with E-state index in [0.717, 1.165) is 39.8 Å². The Morgan fingerprint density at radius 3 is 2.83 bits per heavy atom. The molecule has 146 valence electrons. The average molecular weight is 468 g/mol. The number of ketones is 1. The number of thioether (sulfide) groups is 1. The number of hydrogen-bond acceptors (Lipinski definition) is 6. The Labute approximate surface area is 181 Å². The maximum Gasteiger partial charge on any atom is 0.227 e.